The van der Waals surface area contributed by atoms with Gasteiger partial charge in [-0.1, -0.05) is 13.2 Å². The van der Waals surface area contributed by atoms with E-state index in [2.05, 4.69) is 13.2 Å². The maximum Gasteiger partial charge on any atom is 0.334 e. The summed E-state index contributed by atoms with van der Waals surface area (Å²) in [5, 5.41) is 20.8. The second-order valence-corrected chi connectivity index (χ2v) is 7.18. The van der Waals surface area contributed by atoms with Gasteiger partial charge < -0.3 is 19.7 Å². The van der Waals surface area contributed by atoms with Crippen molar-refractivity contribution in [3.05, 3.63) is 36.0 Å². The van der Waals surface area contributed by atoms with Crippen molar-refractivity contribution in [3.63, 3.8) is 0 Å². The molecule has 0 bridgehead atoms. The largest absolute Gasteiger partial charge is 0.458 e. The summed E-state index contributed by atoms with van der Waals surface area (Å²) in [6, 6.07) is 0. The molecule has 1 aliphatic heterocycles. The first-order valence-corrected chi connectivity index (χ1v) is 8.32. The summed E-state index contributed by atoms with van der Waals surface area (Å²) in [6.45, 7) is 11.6. The Morgan fingerprint density at radius 3 is 2.62 bits per heavy atom. The molecule has 7 nitrogen and oxygen atoms in total. The monoisotopic (exact) mass is 364 g/mol. The summed E-state index contributed by atoms with van der Waals surface area (Å²) in [4.78, 5) is 36.5. The fourth-order valence-corrected chi connectivity index (χ4v) is 3.09. The molecule has 0 aromatic rings. The Hall–Kier alpha value is -2.25. The lowest BCUT2D eigenvalue weighted by atomic mass is 9.79. The summed E-state index contributed by atoms with van der Waals surface area (Å²) < 4.78 is 10.7. The molecule has 0 saturated carbocycles. The molecule has 5 unspecified atom stereocenters. The first kappa shape index (κ1) is 20.1. The highest BCUT2D eigenvalue weighted by Gasteiger charge is 2.48. The molecule has 0 aromatic heterocycles. The summed E-state index contributed by atoms with van der Waals surface area (Å²) in [7, 11) is 0. The maximum atomic E-state index is 12.4. The number of carbonyl (C=O) groups excluding carboxylic acids is 3. The van der Waals surface area contributed by atoms with Gasteiger partial charge in [-0.2, -0.15) is 0 Å². The smallest absolute Gasteiger partial charge is 0.334 e. The summed E-state index contributed by atoms with van der Waals surface area (Å²) in [5.74, 6) is -2.74. The minimum Gasteiger partial charge on any atom is -0.458 e. The molecule has 2 N–H and O–H groups in total. The third-order valence-electron chi connectivity index (χ3n) is 4.80. The normalized spacial score (nSPS) is 35.3. The average molecular weight is 364 g/mol. The minimum absolute atomic E-state index is 0.0804. The molecule has 2 rings (SSSR count). The van der Waals surface area contributed by atoms with Gasteiger partial charge in [0.25, 0.3) is 0 Å². The molecule has 1 aliphatic carbocycles. The Labute approximate surface area is 152 Å². The zero-order chi connectivity index (χ0) is 19.8. The van der Waals surface area contributed by atoms with E-state index < -0.39 is 47.6 Å². The van der Waals surface area contributed by atoms with Crippen LogP contribution in [0.2, 0.25) is 0 Å². The van der Waals surface area contributed by atoms with Crippen molar-refractivity contribution in [2.24, 2.45) is 5.92 Å². The van der Waals surface area contributed by atoms with E-state index in [1.54, 1.807) is 6.92 Å². The van der Waals surface area contributed by atoms with Gasteiger partial charge in [0, 0.05) is 24.0 Å². The van der Waals surface area contributed by atoms with E-state index in [0.29, 0.717) is 5.57 Å². The van der Waals surface area contributed by atoms with Gasteiger partial charge in [-0.15, -0.1) is 0 Å². The number of Topliss-reactive ketones (excluding diaryl/α,β-unsaturated/α-hetero) is 1. The number of aliphatic hydroxyl groups is 2. The lowest BCUT2D eigenvalue weighted by molar-refractivity contribution is -0.156. The molecule has 1 heterocycles. The van der Waals surface area contributed by atoms with E-state index in [1.807, 2.05) is 0 Å². The van der Waals surface area contributed by atoms with Crippen LogP contribution in [-0.4, -0.2) is 51.8 Å². The highest BCUT2D eigenvalue weighted by atomic mass is 16.6. The average Bonchev–Trinajstić information content (AvgIpc) is 2.79. The number of ketones is 1. The predicted octanol–water partition coefficient (Wildman–Crippen LogP) is 0.993. The van der Waals surface area contributed by atoms with Crippen molar-refractivity contribution in [1.82, 2.24) is 0 Å². The van der Waals surface area contributed by atoms with Crippen LogP contribution < -0.4 is 0 Å². The number of hydrogen-bond acceptors (Lipinski definition) is 7. The van der Waals surface area contributed by atoms with E-state index in [4.69, 9.17) is 9.47 Å². The Kier molecular flexibility index (Phi) is 5.53. The van der Waals surface area contributed by atoms with Crippen LogP contribution in [-0.2, 0) is 23.9 Å². The van der Waals surface area contributed by atoms with Crippen LogP contribution in [0.1, 0.15) is 33.6 Å². The van der Waals surface area contributed by atoms with Crippen molar-refractivity contribution < 1.29 is 34.1 Å². The molecule has 2 aliphatic rings. The Bertz CT molecular complexity index is 701. The van der Waals surface area contributed by atoms with E-state index in [0.717, 1.165) is 0 Å². The zero-order valence-corrected chi connectivity index (χ0v) is 15.2. The van der Waals surface area contributed by atoms with Gasteiger partial charge in [0.2, 0.25) is 0 Å². The number of hydrogen-bond donors (Lipinski definition) is 2. The zero-order valence-electron chi connectivity index (χ0n) is 15.2. The van der Waals surface area contributed by atoms with E-state index in [1.165, 1.54) is 19.9 Å². The van der Waals surface area contributed by atoms with Crippen LogP contribution in [0.3, 0.4) is 0 Å². The number of rotatable bonds is 2. The molecule has 0 amide bonds. The predicted molar refractivity (Wildman–Crippen MR) is 91.8 cm³/mol. The van der Waals surface area contributed by atoms with E-state index >= 15 is 0 Å². The molecule has 7 heteroatoms. The van der Waals surface area contributed by atoms with Crippen molar-refractivity contribution in [2.45, 2.75) is 57.5 Å². The molecule has 1 fully saturated rings. The third kappa shape index (κ3) is 3.94. The fraction of sp³-hybridized carbons (Fsp3) is 0.526. The minimum atomic E-state index is -1.87. The van der Waals surface area contributed by atoms with Gasteiger partial charge in [-0.25, -0.2) is 9.59 Å². The van der Waals surface area contributed by atoms with E-state index in [9.17, 15) is 24.6 Å². The second-order valence-electron chi connectivity index (χ2n) is 7.18. The first-order valence-electron chi connectivity index (χ1n) is 8.32. The molecule has 0 aromatic carbocycles. The number of esters is 2. The van der Waals surface area contributed by atoms with Crippen molar-refractivity contribution in [2.75, 3.05) is 0 Å². The van der Waals surface area contributed by atoms with Gasteiger partial charge >= 0.3 is 11.9 Å². The van der Waals surface area contributed by atoms with Gasteiger partial charge in [-0.3, -0.25) is 4.79 Å². The molecule has 0 spiro atoms. The van der Waals surface area contributed by atoms with Crippen molar-refractivity contribution in [1.29, 1.82) is 0 Å². The Morgan fingerprint density at radius 1 is 1.42 bits per heavy atom. The van der Waals surface area contributed by atoms with Crippen LogP contribution in [0.15, 0.2) is 36.0 Å². The Morgan fingerprint density at radius 2 is 2.04 bits per heavy atom. The topological polar surface area (TPSA) is 110 Å². The lowest BCUT2D eigenvalue weighted by Gasteiger charge is -2.33. The van der Waals surface area contributed by atoms with Crippen LogP contribution in [0.4, 0.5) is 0 Å². The molecule has 142 valence electrons. The molecule has 1 saturated heterocycles. The van der Waals surface area contributed by atoms with Crippen molar-refractivity contribution in [3.8, 4) is 0 Å². The molecular formula is C19H24O7. The lowest BCUT2D eigenvalue weighted by Crippen LogP contribution is -2.46. The number of aliphatic hydroxyl groups excluding tert-OH is 1. The summed E-state index contributed by atoms with van der Waals surface area (Å²) in [6.07, 6.45) is -2.00. The fourth-order valence-electron chi connectivity index (χ4n) is 3.09. The first-order chi connectivity index (χ1) is 11.9. The highest BCUT2D eigenvalue weighted by Crippen LogP contribution is 2.37. The van der Waals surface area contributed by atoms with Gasteiger partial charge in [0.1, 0.15) is 17.8 Å². The van der Waals surface area contributed by atoms with Gasteiger partial charge in [-0.05, 0) is 32.4 Å². The quantitative estimate of drug-likeness (QED) is 0.427. The van der Waals surface area contributed by atoms with Gasteiger partial charge in [0.15, 0.2) is 5.78 Å². The number of carbonyl (C=O) groups is 3. The van der Waals surface area contributed by atoms with Crippen LogP contribution >= 0.6 is 0 Å². The van der Waals surface area contributed by atoms with Crippen LogP contribution in [0, 0.1) is 5.92 Å². The van der Waals surface area contributed by atoms with E-state index in [-0.39, 0.29) is 24.0 Å². The SMILES string of the molecule is C=C(C)C(=O)OC1CC(C)(O)C(=O)CC(O)C(C)=CC2OC(=O)C(=C)C21. The second kappa shape index (κ2) is 7.17. The molecule has 26 heavy (non-hydrogen) atoms. The van der Waals surface area contributed by atoms with Crippen LogP contribution in [0.25, 0.3) is 0 Å². The number of fused-ring (bicyclic) bond motifs is 1. The molecule has 5 atom stereocenters. The van der Waals surface area contributed by atoms with Crippen LogP contribution in [0.5, 0.6) is 0 Å². The Balaban J connectivity index is 2.52. The summed E-state index contributed by atoms with van der Waals surface area (Å²) >= 11 is 0. The van der Waals surface area contributed by atoms with Crippen molar-refractivity contribution >= 4 is 17.7 Å². The number of ether oxygens (including phenoxy) is 2. The third-order valence-corrected chi connectivity index (χ3v) is 4.80. The maximum absolute atomic E-state index is 12.4. The summed E-state index contributed by atoms with van der Waals surface area (Å²) in [5.41, 5.74) is -1.23. The molecule has 0 radical (unpaired) electrons. The molecular weight excluding hydrogens is 340 g/mol. The highest BCUT2D eigenvalue weighted by molar-refractivity contribution is 5.92. The van der Waals surface area contributed by atoms with Gasteiger partial charge in [0.05, 0.1) is 12.0 Å². The standard InChI is InChI=1S/C19H24O7/c1-9(2)17(22)26-14-8-19(5,24)15(21)7-12(20)10(3)6-13-16(14)11(4)18(23)25-13/h6,12-14,16,20,24H,1,4,7-8H2,2-3,5H3.